The van der Waals surface area contributed by atoms with Gasteiger partial charge >= 0.3 is 5.92 Å². The lowest BCUT2D eigenvalue weighted by molar-refractivity contribution is -0.0462. The Labute approximate surface area is 163 Å². The molecule has 0 amide bonds. The Hall–Kier alpha value is -2.82. The second kappa shape index (κ2) is 7.90. The summed E-state index contributed by atoms with van der Waals surface area (Å²) in [6.07, 6.45) is 3.19. The van der Waals surface area contributed by atoms with Gasteiger partial charge in [-0.25, -0.2) is 18.7 Å². The van der Waals surface area contributed by atoms with Gasteiger partial charge in [-0.05, 0) is 18.9 Å². The number of H-pyrrole nitrogens is 1. The number of aromatic nitrogens is 5. The number of aromatic amines is 1. The number of anilines is 1. The average molecular weight is 409 g/mol. The molecular weight excluding hydrogens is 390 g/mol. The zero-order valence-electron chi connectivity index (χ0n) is 15.3. The molecule has 3 aromatic rings. The van der Waals surface area contributed by atoms with Gasteiger partial charge in [0.25, 0.3) is 6.43 Å². The fourth-order valence-electron chi connectivity index (χ4n) is 3.42. The maximum atomic E-state index is 14.5. The van der Waals surface area contributed by atoms with Crippen molar-refractivity contribution in [3.05, 3.63) is 42.4 Å². The molecule has 29 heavy (non-hydrogen) atoms. The Bertz CT molecular complexity index is 952. The van der Waals surface area contributed by atoms with E-state index in [9.17, 15) is 17.6 Å². The first-order valence-corrected chi connectivity index (χ1v) is 9.18. The molecule has 2 N–H and O–H groups in total. The number of piperidine rings is 1. The maximum Gasteiger partial charge on any atom is 0.303 e. The van der Waals surface area contributed by atoms with Crippen LogP contribution in [0.4, 0.5) is 23.4 Å². The third kappa shape index (κ3) is 4.29. The first-order chi connectivity index (χ1) is 13.9. The fourth-order valence-corrected chi connectivity index (χ4v) is 3.42. The number of fused-ring (bicyclic) bond motifs is 1. The Morgan fingerprint density at radius 2 is 1.93 bits per heavy atom. The topological polar surface area (TPSA) is 82.6 Å². The van der Waals surface area contributed by atoms with Crippen molar-refractivity contribution in [3.8, 4) is 0 Å². The average Bonchev–Trinajstić information content (AvgIpc) is 3.19. The van der Waals surface area contributed by atoms with Gasteiger partial charge in [-0.15, -0.1) is 0 Å². The van der Waals surface area contributed by atoms with Crippen LogP contribution in [0.3, 0.4) is 0 Å². The van der Waals surface area contributed by atoms with E-state index in [1.54, 1.807) is 11.1 Å². The van der Waals surface area contributed by atoms with E-state index in [0.717, 1.165) is 23.0 Å². The molecule has 0 aliphatic carbocycles. The highest BCUT2D eigenvalue weighted by atomic mass is 19.3. The van der Waals surface area contributed by atoms with Gasteiger partial charge in [-0.2, -0.15) is 8.78 Å². The Kier molecular flexibility index (Phi) is 5.31. The summed E-state index contributed by atoms with van der Waals surface area (Å²) in [5, 5.41) is 4.24. The second-order valence-corrected chi connectivity index (χ2v) is 6.99. The Balaban J connectivity index is 1.34. The van der Waals surface area contributed by atoms with E-state index in [1.807, 2.05) is 6.07 Å². The number of nitrogens with zero attached hydrogens (tertiary/aromatic N) is 5. The number of hydrogen-bond acceptors (Lipinski definition) is 6. The summed E-state index contributed by atoms with van der Waals surface area (Å²) in [4.78, 5) is 19.9. The normalized spacial score (nSPS) is 16.6. The summed E-state index contributed by atoms with van der Waals surface area (Å²) >= 11 is 0. The third-order valence-corrected chi connectivity index (χ3v) is 4.97. The lowest BCUT2D eigenvalue weighted by Crippen LogP contribution is -2.44. The van der Waals surface area contributed by atoms with Gasteiger partial charge < -0.3 is 10.3 Å². The van der Waals surface area contributed by atoms with Gasteiger partial charge in [0.05, 0.1) is 24.3 Å². The van der Waals surface area contributed by atoms with E-state index >= 15 is 0 Å². The molecule has 0 atom stereocenters. The van der Waals surface area contributed by atoms with Crippen LogP contribution in [0.25, 0.3) is 11.0 Å². The molecule has 0 unspecified atom stereocenters. The first kappa shape index (κ1) is 19.5. The van der Waals surface area contributed by atoms with Gasteiger partial charge in [0.2, 0.25) is 0 Å². The van der Waals surface area contributed by atoms with E-state index in [4.69, 9.17) is 0 Å². The van der Waals surface area contributed by atoms with Crippen molar-refractivity contribution in [2.45, 2.75) is 31.2 Å². The molecule has 7 nitrogen and oxygen atoms in total. The molecule has 0 radical (unpaired) electrons. The molecule has 3 aromatic heterocycles. The number of rotatable bonds is 6. The summed E-state index contributed by atoms with van der Waals surface area (Å²) in [5.74, 6) is -2.55. The van der Waals surface area contributed by atoms with Crippen LogP contribution in [-0.2, 0) is 5.92 Å². The summed E-state index contributed by atoms with van der Waals surface area (Å²) in [5.41, 5.74) is -0.478. The summed E-state index contributed by atoms with van der Waals surface area (Å²) in [6.45, 7) is 0.409. The third-order valence-electron chi connectivity index (χ3n) is 4.97. The van der Waals surface area contributed by atoms with Gasteiger partial charge in [0, 0.05) is 25.3 Å². The van der Waals surface area contributed by atoms with Gasteiger partial charge in [-0.1, -0.05) is 0 Å². The van der Waals surface area contributed by atoms with Crippen LogP contribution in [0.5, 0.6) is 0 Å². The monoisotopic (exact) mass is 409 g/mol. The number of likely N-dealkylation sites (tertiary alicyclic amines) is 1. The standard InChI is InChI=1S/C18H19F4N7/c19-15(20)13-7-25-14(8-24-13)18(21,22)9-29-5-2-11(3-6-29)28-17-12-1-4-23-16(12)26-10-27-17/h1,4,7-8,10-11,15H,2-3,5-6,9H2,(H2,23,26,27,28). The number of halogens is 4. The highest BCUT2D eigenvalue weighted by Crippen LogP contribution is 2.29. The minimum Gasteiger partial charge on any atom is -0.367 e. The van der Waals surface area contributed by atoms with Crippen LogP contribution < -0.4 is 5.32 Å². The molecule has 0 aromatic carbocycles. The van der Waals surface area contributed by atoms with Crippen LogP contribution in [0.1, 0.15) is 30.7 Å². The van der Waals surface area contributed by atoms with Gasteiger partial charge in [-0.3, -0.25) is 14.9 Å². The Morgan fingerprint density at radius 1 is 1.14 bits per heavy atom. The number of hydrogen-bond donors (Lipinski definition) is 2. The number of nitrogens with one attached hydrogen (secondary N) is 2. The molecular formula is C18H19F4N7. The van der Waals surface area contributed by atoms with E-state index in [1.165, 1.54) is 6.33 Å². The largest absolute Gasteiger partial charge is 0.367 e. The zero-order chi connectivity index (χ0) is 20.4. The Morgan fingerprint density at radius 3 is 2.62 bits per heavy atom. The molecule has 1 aliphatic rings. The van der Waals surface area contributed by atoms with Crippen molar-refractivity contribution in [2.75, 3.05) is 25.0 Å². The van der Waals surface area contributed by atoms with Crippen molar-refractivity contribution in [1.82, 2.24) is 29.8 Å². The predicted molar refractivity (Wildman–Crippen MR) is 97.9 cm³/mol. The van der Waals surface area contributed by atoms with Gasteiger partial charge in [0.1, 0.15) is 29.2 Å². The van der Waals surface area contributed by atoms with Crippen molar-refractivity contribution in [3.63, 3.8) is 0 Å². The lowest BCUT2D eigenvalue weighted by atomic mass is 10.0. The number of alkyl halides is 4. The van der Waals surface area contributed by atoms with E-state index < -0.39 is 30.3 Å². The maximum absolute atomic E-state index is 14.5. The summed E-state index contributed by atoms with van der Waals surface area (Å²) in [7, 11) is 0. The molecule has 1 aliphatic heterocycles. The molecule has 4 rings (SSSR count). The first-order valence-electron chi connectivity index (χ1n) is 9.18. The van der Waals surface area contributed by atoms with Crippen molar-refractivity contribution in [1.29, 1.82) is 0 Å². The molecule has 0 saturated carbocycles. The highest BCUT2D eigenvalue weighted by molar-refractivity contribution is 5.86. The van der Waals surface area contributed by atoms with Gasteiger partial charge in [0.15, 0.2) is 0 Å². The molecule has 1 saturated heterocycles. The van der Waals surface area contributed by atoms with Crippen LogP contribution >= 0.6 is 0 Å². The SMILES string of the molecule is FC(F)c1cnc(C(F)(F)CN2CCC(Nc3ncnc4[nH]ccc34)CC2)cn1. The van der Waals surface area contributed by atoms with Crippen LogP contribution in [0.15, 0.2) is 31.0 Å². The van der Waals surface area contributed by atoms with Crippen molar-refractivity contribution < 1.29 is 17.6 Å². The lowest BCUT2D eigenvalue weighted by Gasteiger charge is -2.34. The van der Waals surface area contributed by atoms with Crippen LogP contribution in [0.2, 0.25) is 0 Å². The van der Waals surface area contributed by atoms with E-state index in [-0.39, 0.29) is 6.04 Å². The van der Waals surface area contributed by atoms with Crippen molar-refractivity contribution in [2.24, 2.45) is 0 Å². The highest BCUT2D eigenvalue weighted by Gasteiger charge is 2.37. The smallest absolute Gasteiger partial charge is 0.303 e. The molecule has 154 valence electrons. The van der Waals surface area contributed by atoms with E-state index in [0.29, 0.717) is 32.1 Å². The second-order valence-electron chi connectivity index (χ2n) is 6.99. The summed E-state index contributed by atoms with van der Waals surface area (Å²) in [6, 6.07) is 1.99. The van der Waals surface area contributed by atoms with E-state index in [2.05, 4.69) is 30.2 Å². The van der Waals surface area contributed by atoms with Crippen LogP contribution in [-0.4, -0.2) is 55.5 Å². The quantitative estimate of drug-likeness (QED) is 0.608. The summed E-state index contributed by atoms with van der Waals surface area (Å²) < 4.78 is 54.0. The molecule has 11 heteroatoms. The zero-order valence-corrected chi connectivity index (χ0v) is 15.3. The van der Waals surface area contributed by atoms with Crippen LogP contribution in [0, 0.1) is 0 Å². The molecule has 0 bridgehead atoms. The minimum absolute atomic E-state index is 0.109. The minimum atomic E-state index is -3.27. The molecule has 1 fully saturated rings. The fraction of sp³-hybridized carbons (Fsp3) is 0.444. The predicted octanol–water partition coefficient (Wildman–Crippen LogP) is 3.35. The van der Waals surface area contributed by atoms with Crippen molar-refractivity contribution >= 4 is 16.9 Å². The molecule has 0 spiro atoms. The molecule has 4 heterocycles.